The van der Waals surface area contributed by atoms with Gasteiger partial charge in [0, 0.05) is 18.7 Å². The quantitative estimate of drug-likeness (QED) is 0.685. The molecule has 0 aliphatic carbocycles. The first-order chi connectivity index (χ1) is 9.43. The summed E-state index contributed by atoms with van der Waals surface area (Å²) >= 11 is 0. The van der Waals surface area contributed by atoms with Crippen LogP contribution in [0.25, 0.3) is 6.08 Å². The molecule has 1 aromatic rings. The molecule has 0 aromatic heterocycles. The summed E-state index contributed by atoms with van der Waals surface area (Å²) in [5.41, 5.74) is 1.91. The van der Waals surface area contributed by atoms with E-state index in [-0.39, 0.29) is 18.4 Å². The number of carboxylic acids is 1. The summed E-state index contributed by atoms with van der Waals surface area (Å²) in [5.74, 6) is -1.67. The van der Waals surface area contributed by atoms with Crippen molar-refractivity contribution in [2.75, 3.05) is 13.6 Å². The molecule has 6 heteroatoms. The van der Waals surface area contributed by atoms with E-state index < -0.39 is 5.97 Å². The number of hydrogen-bond acceptors (Lipinski definition) is 3. The molecule has 0 atom stereocenters. The number of aliphatic carboxylic acids is 1. The first-order valence-electron chi connectivity index (χ1n) is 5.94. The lowest BCUT2D eigenvalue weighted by atomic mass is 10.0. The minimum Gasteiger partial charge on any atom is -0.478 e. The summed E-state index contributed by atoms with van der Waals surface area (Å²) in [4.78, 5) is 33.3. The highest BCUT2D eigenvalue weighted by Gasteiger charge is 2.08. The Bertz CT molecular complexity index is 564. The van der Waals surface area contributed by atoms with Crippen LogP contribution in [0.15, 0.2) is 24.3 Å². The fraction of sp³-hybridized carbons (Fsp3) is 0.214. The Labute approximate surface area is 116 Å². The van der Waals surface area contributed by atoms with Crippen LogP contribution in [0.5, 0.6) is 0 Å². The molecule has 20 heavy (non-hydrogen) atoms. The molecule has 1 aromatic carbocycles. The maximum atomic E-state index is 11.8. The zero-order valence-corrected chi connectivity index (χ0v) is 11.3. The van der Waals surface area contributed by atoms with Crippen LogP contribution in [0, 0.1) is 6.92 Å². The molecule has 0 saturated heterocycles. The van der Waals surface area contributed by atoms with Gasteiger partial charge in [0.25, 0.3) is 5.91 Å². The van der Waals surface area contributed by atoms with Crippen LogP contribution < -0.4 is 10.6 Å². The average molecular weight is 276 g/mol. The van der Waals surface area contributed by atoms with Crippen molar-refractivity contribution < 1.29 is 19.5 Å². The summed E-state index contributed by atoms with van der Waals surface area (Å²) in [6.07, 6.45) is 2.50. The molecule has 0 aliphatic rings. The van der Waals surface area contributed by atoms with E-state index in [2.05, 4.69) is 10.6 Å². The molecule has 0 fully saturated rings. The minimum absolute atomic E-state index is 0.0882. The molecule has 0 bridgehead atoms. The van der Waals surface area contributed by atoms with E-state index in [4.69, 9.17) is 5.11 Å². The standard InChI is InChI=1S/C14H16N2O4/c1-9-7-11(14(20)16-8-12(17)15-2)4-3-10(9)5-6-13(18)19/h3-7H,8H2,1-2H3,(H,15,17)(H,16,20)(H,18,19)/b6-5+. The van der Waals surface area contributed by atoms with Gasteiger partial charge in [0.1, 0.15) is 0 Å². The average Bonchev–Trinajstić information content (AvgIpc) is 2.42. The summed E-state index contributed by atoms with van der Waals surface area (Å²) in [6, 6.07) is 4.87. The molecule has 6 nitrogen and oxygen atoms in total. The number of likely N-dealkylation sites (N-methyl/N-ethyl adjacent to an activating group) is 1. The van der Waals surface area contributed by atoms with Crippen molar-refractivity contribution >= 4 is 23.9 Å². The lowest BCUT2D eigenvalue weighted by Crippen LogP contribution is -2.35. The lowest BCUT2D eigenvalue weighted by Gasteiger charge is -2.06. The maximum absolute atomic E-state index is 11.8. The number of aryl methyl sites for hydroxylation is 1. The Kier molecular flexibility index (Phi) is 5.46. The van der Waals surface area contributed by atoms with E-state index in [1.165, 1.54) is 13.1 Å². The lowest BCUT2D eigenvalue weighted by molar-refractivity contribution is -0.131. The molecule has 0 radical (unpaired) electrons. The number of amides is 2. The molecule has 3 N–H and O–H groups in total. The molecule has 0 heterocycles. The number of rotatable bonds is 5. The van der Waals surface area contributed by atoms with Crippen LogP contribution in [0.4, 0.5) is 0 Å². The summed E-state index contributed by atoms with van der Waals surface area (Å²) < 4.78 is 0. The smallest absolute Gasteiger partial charge is 0.328 e. The monoisotopic (exact) mass is 276 g/mol. The first kappa shape index (κ1) is 15.4. The molecule has 0 spiro atoms. The normalized spacial score (nSPS) is 10.3. The van der Waals surface area contributed by atoms with Crippen molar-refractivity contribution in [3.8, 4) is 0 Å². The van der Waals surface area contributed by atoms with Crippen LogP contribution in [-0.2, 0) is 9.59 Å². The predicted octanol–water partition coefficient (Wildman–Crippen LogP) is 0.569. The Morgan fingerprint density at radius 3 is 2.55 bits per heavy atom. The third-order valence-electron chi connectivity index (χ3n) is 2.63. The fourth-order valence-corrected chi connectivity index (χ4v) is 1.52. The zero-order chi connectivity index (χ0) is 15.1. The van der Waals surface area contributed by atoms with Gasteiger partial charge in [0.2, 0.25) is 5.91 Å². The van der Waals surface area contributed by atoms with Crippen LogP contribution >= 0.6 is 0 Å². The molecule has 0 unspecified atom stereocenters. The highest BCUT2D eigenvalue weighted by atomic mass is 16.4. The van der Waals surface area contributed by atoms with Gasteiger partial charge in [0.05, 0.1) is 6.54 Å². The summed E-state index contributed by atoms with van der Waals surface area (Å²) in [7, 11) is 1.49. The van der Waals surface area contributed by atoms with E-state index >= 15 is 0 Å². The highest BCUT2D eigenvalue weighted by Crippen LogP contribution is 2.12. The van der Waals surface area contributed by atoms with Crippen molar-refractivity contribution in [3.05, 3.63) is 41.0 Å². The van der Waals surface area contributed by atoms with Crippen LogP contribution in [0.1, 0.15) is 21.5 Å². The second-order valence-electron chi connectivity index (χ2n) is 4.10. The van der Waals surface area contributed by atoms with Crippen LogP contribution in [-0.4, -0.2) is 36.5 Å². The molecule has 2 amide bonds. The van der Waals surface area contributed by atoms with E-state index in [9.17, 15) is 14.4 Å². The number of benzene rings is 1. The van der Waals surface area contributed by atoms with Crippen molar-refractivity contribution in [2.24, 2.45) is 0 Å². The third-order valence-corrected chi connectivity index (χ3v) is 2.63. The SMILES string of the molecule is CNC(=O)CNC(=O)c1ccc(/C=C/C(=O)O)c(C)c1. The largest absolute Gasteiger partial charge is 0.478 e. The van der Waals surface area contributed by atoms with Gasteiger partial charge < -0.3 is 15.7 Å². The Morgan fingerprint density at radius 2 is 2.00 bits per heavy atom. The van der Waals surface area contributed by atoms with Gasteiger partial charge in [-0.15, -0.1) is 0 Å². The Hall–Kier alpha value is -2.63. The van der Waals surface area contributed by atoms with E-state index in [1.54, 1.807) is 25.1 Å². The van der Waals surface area contributed by atoms with Gasteiger partial charge in [0.15, 0.2) is 0 Å². The predicted molar refractivity (Wildman–Crippen MR) is 74.2 cm³/mol. The van der Waals surface area contributed by atoms with Crippen LogP contribution in [0.2, 0.25) is 0 Å². The molecule has 106 valence electrons. The maximum Gasteiger partial charge on any atom is 0.328 e. The van der Waals surface area contributed by atoms with Gasteiger partial charge in [-0.2, -0.15) is 0 Å². The van der Waals surface area contributed by atoms with Crippen molar-refractivity contribution in [3.63, 3.8) is 0 Å². The zero-order valence-electron chi connectivity index (χ0n) is 11.3. The molecule has 0 aliphatic heterocycles. The van der Waals surface area contributed by atoms with Crippen molar-refractivity contribution in [1.29, 1.82) is 0 Å². The minimum atomic E-state index is -1.03. The van der Waals surface area contributed by atoms with Crippen LogP contribution in [0.3, 0.4) is 0 Å². The summed E-state index contributed by atoms with van der Waals surface area (Å²) in [6.45, 7) is 1.69. The third kappa shape index (κ3) is 4.56. The van der Waals surface area contributed by atoms with Gasteiger partial charge >= 0.3 is 5.97 Å². The van der Waals surface area contributed by atoms with E-state index in [1.807, 2.05) is 0 Å². The van der Waals surface area contributed by atoms with Crippen molar-refractivity contribution in [2.45, 2.75) is 6.92 Å². The van der Waals surface area contributed by atoms with Gasteiger partial charge in [-0.3, -0.25) is 9.59 Å². The van der Waals surface area contributed by atoms with E-state index in [0.29, 0.717) is 5.56 Å². The second-order valence-corrected chi connectivity index (χ2v) is 4.10. The number of hydrogen-bond donors (Lipinski definition) is 3. The van der Waals surface area contributed by atoms with Crippen molar-refractivity contribution in [1.82, 2.24) is 10.6 Å². The first-order valence-corrected chi connectivity index (χ1v) is 5.94. The fourth-order valence-electron chi connectivity index (χ4n) is 1.52. The molecular formula is C14H16N2O4. The van der Waals surface area contributed by atoms with Gasteiger partial charge in [-0.25, -0.2) is 4.79 Å². The molecular weight excluding hydrogens is 260 g/mol. The number of carbonyl (C=O) groups excluding carboxylic acids is 2. The number of carboxylic acid groups (broad SMARTS) is 1. The van der Waals surface area contributed by atoms with E-state index in [0.717, 1.165) is 17.2 Å². The Balaban J connectivity index is 2.78. The number of carbonyl (C=O) groups is 3. The summed E-state index contributed by atoms with van der Waals surface area (Å²) in [5, 5.41) is 13.4. The molecule has 1 rings (SSSR count). The highest BCUT2D eigenvalue weighted by molar-refractivity contribution is 5.97. The Morgan fingerprint density at radius 1 is 1.30 bits per heavy atom. The second kappa shape index (κ2) is 7.08. The number of nitrogens with one attached hydrogen (secondary N) is 2. The van der Waals surface area contributed by atoms with Gasteiger partial charge in [-0.1, -0.05) is 6.07 Å². The van der Waals surface area contributed by atoms with Gasteiger partial charge in [-0.05, 0) is 36.3 Å². The topological polar surface area (TPSA) is 95.5 Å². The molecule has 0 saturated carbocycles.